The van der Waals surface area contributed by atoms with Crippen LogP contribution in [0.25, 0.3) is 0 Å². The Labute approximate surface area is 135 Å². The summed E-state index contributed by atoms with van der Waals surface area (Å²) in [5.41, 5.74) is 1.08. The third-order valence-electron chi connectivity index (χ3n) is 3.45. The van der Waals surface area contributed by atoms with Crippen LogP contribution in [0.15, 0.2) is 12.1 Å². The Kier molecular flexibility index (Phi) is 8.39. The molecule has 2 nitrogen and oxygen atoms in total. The molecule has 0 bridgehead atoms. The van der Waals surface area contributed by atoms with Crippen molar-refractivity contribution in [2.75, 3.05) is 13.7 Å². The molecule has 1 atom stereocenters. The summed E-state index contributed by atoms with van der Waals surface area (Å²) in [4.78, 5) is 0. The minimum absolute atomic E-state index is 0.576. The lowest BCUT2D eigenvalue weighted by molar-refractivity contribution is 0.224. The summed E-state index contributed by atoms with van der Waals surface area (Å²) < 4.78 is 11.3. The molecule has 0 saturated carbocycles. The van der Waals surface area contributed by atoms with E-state index in [-0.39, 0.29) is 0 Å². The van der Waals surface area contributed by atoms with Gasteiger partial charge in [0.2, 0.25) is 0 Å². The molecule has 1 aromatic carbocycles. The fraction of sp³-hybridized carbons (Fsp3) is 0.625. The molecule has 1 unspecified atom stereocenters. The number of unbranched alkanes of at least 4 members (excludes halogenated alkanes) is 1. The van der Waals surface area contributed by atoms with Gasteiger partial charge in [-0.25, -0.2) is 0 Å². The maximum absolute atomic E-state index is 6.30. The molecule has 114 valence electrons. The molecule has 0 N–H and O–H groups in total. The van der Waals surface area contributed by atoms with Crippen molar-refractivity contribution < 1.29 is 9.47 Å². The average Bonchev–Trinajstić information content (AvgIpc) is 2.47. The molecule has 0 aliphatic heterocycles. The van der Waals surface area contributed by atoms with Gasteiger partial charge in [-0.05, 0) is 30.0 Å². The largest absolute Gasteiger partial charge is 0.493 e. The highest BCUT2D eigenvalue weighted by Crippen LogP contribution is 2.37. The van der Waals surface area contributed by atoms with E-state index in [1.807, 2.05) is 12.1 Å². The molecule has 0 saturated heterocycles. The maximum Gasteiger partial charge on any atom is 0.179 e. The number of hydrogen-bond acceptors (Lipinski definition) is 2. The second-order valence-electron chi connectivity index (χ2n) is 4.97. The van der Waals surface area contributed by atoms with Crippen molar-refractivity contribution in [3.63, 3.8) is 0 Å². The second kappa shape index (κ2) is 9.51. The quantitative estimate of drug-likeness (QED) is 0.513. The number of hydrogen-bond donors (Lipinski definition) is 0. The van der Waals surface area contributed by atoms with E-state index in [1.54, 1.807) is 7.11 Å². The second-order valence-corrected chi connectivity index (χ2v) is 5.94. The Balaban J connectivity index is 2.75. The van der Waals surface area contributed by atoms with Gasteiger partial charge in [-0.15, -0.1) is 0 Å². The molecular formula is C16H24BrClO2. The molecule has 0 aliphatic rings. The first-order valence-corrected chi connectivity index (χ1v) is 8.71. The van der Waals surface area contributed by atoms with Crippen LogP contribution in [0.2, 0.25) is 5.02 Å². The Bertz CT molecular complexity index is 410. The minimum atomic E-state index is 0.576. The van der Waals surface area contributed by atoms with Crippen molar-refractivity contribution in [1.82, 2.24) is 0 Å². The monoisotopic (exact) mass is 362 g/mol. The number of benzene rings is 1. The Hall–Kier alpha value is -0.410. The molecule has 0 aliphatic carbocycles. The zero-order chi connectivity index (χ0) is 15.0. The van der Waals surface area contributed by atoms with E-state index in [9.17, 15) is 0 Å². The van der Waals surface area contributed by atoms with Gasteiger partial charge in [-0.3, -0.25) is 0 Å². The minimum Gasteiger partial charge on any atom is -0.493 e. The highest BCUT2D eigenvalue weighted by molar-refractivity contribution is 9.08. The van der Waals surface area contributed by atoms with E-state index < -0.39 is 0 Å². The number of alkyl halides is 1. The molecule has 0 aromatic heterocycles. The van der Waals surface area contributed by atoms with Gasteiger partial charge < -0.3 is 9.47 Å². The molecular weight excluding hydrogens is 340 g/mol. The Morgan fingerprint density at radius 1 is 1.30 bits per heavy atom. The van der Waals surface area contributed by atoms with Gasteiger partial charge in [-0.2, -0.15) is 0 Å². The normalized spacial score (nSPS) is 12.2. The number of methoxy groups -OCH3 is 1. The van der Waals surface area contributed by atoms with E-state index in [0.29, 0.717) is 29.0 Å². The summed E-state index contributed by atoms with van der Waals surface area (Å²) in [5.74, 6) is 1.94. The van der Waals surface area contributed by atoms with E-state index >= 15 is 0 Å². The third kappa shape index (κ3) is 5.17. The van der Waals surface area contributed by atoms with E-state index in [1.165, 1.54) is 19.3 Å². The average molecular weight is 364 g/mol. The van der Waals surface area contributed by atoms with Crippen LogP contribution in [0.4, 0.5) is 0 Å². The van der Waals surface area contributed by atoms with Gasteiger partial charge >= 0.3 is 0 Å². The smallest absolute Gasteiger partial charge is 0.179 e. The molecule has 0 radical (unpaired) electrons. The van der Waals surface area contributed by atoms with Crippen molar-refractivity contribution in [2.24, 2.45) is 5.92 Å². The van der Waals surface area contributed by atoms with Gasteiger partial charge in [0.15, 0.2) is 11.5 Å². The van der Waals surface area contributed by atoms with Crippen molar-refractivity contribution in [2.45, 2.75) is 44.9 Å². The van der Waals surface area contributed by atoms with Gasteiger partial charge in [0.25, 0.3) is 0 Å². The van der Waals surface area contributed by atoms with Crippen LogP contribution in [0, 0.1) is 5.92 Å². The first-order valence-electron chi connectivity index (χ1n) is 7.21. The van der Waals surface area contributed by atoms with E-state index in [4.69, 9.17) is 21.1 Å². The van der Waals surface area contributed by atoms with Crippen LogP contribution in [-0.2, 0) is 5.33 Å². The highest BCUT2D eigenvalue weighted by atomic mass is 79.9. The van der Waals surface area contributed by atoms with Crippen molar-refractivity contribution in [1.29, 1.82) is 0 Å². The van der Waals surface area contributed by atoms with Crippen LogP contribution in [0.3, 0.4) is 0 Å². The van der Waals surface area contributed by atoms with Gasteiger partial charge in [0, 0.05) is 5.33 Å². The number of rotatable bonds is 9. The molecule has 0 spiro atoms. The molecule has 0 amide bonds. The summed E-state index contributed by atoms with van der Waals surface area (Å²) in [7, 11) is 1.64. The van der Waals surface area contributed by atoms with Crippen LogP contribution in [0.5, 0.6) is 11.5 Å². The standard InChI is InChI=1S/C16H24BrClO2/c1-4-6-7-12(5-2)11-20-16-14(18)8-13(10-17)9-15(16)19-3/h8-9,12H,4-7,10-11H2,1-3H3. The lowest BCUT2D eigenvalue weighted by atomic mass is 10.0. The molecule has 1 rings (SSSR count). The van der Waals surface area contributed by atoms with Gasteiger partial charge in [-0.1, -0.05) is 60.6 Å². The summed E-state index contributed by atoms with van der Waals surface area (Å²) in [5, 5.41) is 1.36. The Morgan fingerprint density at radius 3 is 2.60 bits per heavy atom. The van der Waals surface area contributed by atoms with Gasteiger partial charge in [0.1, 0.15) is 0 Å². The highest BCUT2D eigenvalue weighted by Gasteiger charge is 2.14. The van der Waals surface area contributed by atoms with Crippen LogP contribution in [-0.4, -0.2) is 13.7 Å². The number of halogens is 2. The predicted octanol–water partition coefficient (Wildman–Crippen LogP) is 5.84. The molecule has 4 heteroatoms. The van der Waals surface area contributed by atoms with E-state index in [2.05, 4.69) is 29.8 Å². The van der Waals surface area contributed by atoms with Crippen LogP contribution < -0.4 is 9.47 Å². The molecule has 1 aromatic rings. The molecule has 0 heterocycles. The Morgan fingerprint density at radius 2 is 2.05 bits per heavy atom. The van der Waals surface area contributed by atoms with Gasteiger partial charge in [0.05, 0.1) is 18.7 Å². The summed E-state index contributed by atoms with van der Waals surface area (Å²) in [6.07, 6.45) is 4.79. The lowest BCUT2D eigenvalue weighted by Gasteiger charge is -2.18. The number of ether oxygens (including phenoxy) is 2. The maximum atomic E-state index is 6.30. The lowest BCUT2D eigenvalue weighted by Crippen LogP contribution is -2.12. The fourth-order valence-electron chi connectivity index (χ4n) is 2.09. The topological polar surface area (TPSA) is 18.5 Å². The predicted molar refractivity (Wildman–Crippen MR) is 89.4 cm³/mol. The fourth-order valence-corrected chi connectivity index (χ4v) is 2.70. The zero-order valence-electron chi connectivity index (χ0n) is 12.5. The van der Waals surface area contributed by atoms with Crippen molar-refractivity contribution in [3.05, 3.63) is 22.7 Å². The summed E-state index contributed by atoms with van der Waals surface area (Å²) in [6.45, 7) is 5.11. The van der Waals surface area contributed by atoms with Crippen LogP contribution in [0.1, 0.15) is 45.1 Å². The third-order valence-corrected chi connectivity index (χ3v) is 4.38. The summed E-state index contributed by atoms with van der Waals surface area (Å²) >= 11 is 9.72. The van der Waals surface area contributed by atoms with Crippen molar-refractivity contribution in [3.8, 4) is 11.5 Å². The van der Waals surface area contributed by atoms with E-state index in [0.717, 1.165) is 17.3 Å². The molecule has 20 heavy (non-hydrogen) atoms. The summed E-state index contributed by atoms with van der Waals surface area (Å²) in [6, 6.07) is 3.88. The zero-order valence-corrected chi connectivity index (χ0v) is 14.9. The first-order chi connectivity index (χ1) is 9.65. The van der Waals surface area contributed by atoms with Crippen molar-refractivity contribution >= 4 is 27.5 Å². The SMILES string of the molecule is CCCCC(CC)COc1c(Cl)cc(CBr)cc1OC. The molecule has 0 fully saturated rings. The first kappa shape index (κ1) is 17.6. The van der Waals surface area contributed by atoms with Crippen LogP contribution >= 0.6 is 27.5 Å².